The van der Waals surface area contributed by atoms with Crippen molar-refractivity contribution >= 4 is 5.78 Å². The lowest BCUT2D eigenvalue weighted by molar-refractivity contribution is 0.103. The summed E-state index contributed by atoms with van der Waals surface area (Å²) < 4.78 is 0. The first-order valence-corrected chi connectivity index (χ1v) is 7.53. The molecule has 0 fully saturated rings. The Morgan fingerprint density at radius 3 is 1.59 bits per heavy atom. The molecule has 2 aromatic rings. The van der Waals surface area contributed by atoms with Crippen molar-refractivity contribution in [3.63, 3.8) is 0 Å². The van der Waals surface area contributed by atoms with Crippen LogP contribution in [0, 0.1) is 13.8 Å². The predicted molar refractivity (Wildman–Crippen MR) is 87.4 cm³/mol. The molecule has 0 amide bonds. The zero-order chi connectivity index (χ0) is 16.1. The van der Waals surface area contributed by atoms with E-state index in [9.17, 15) is 4.79 Å². The standard InChI is InChI=1S/C19H22O3/c1-13-15(9-11-20)5-3-7-17(13)19(22)18-8-4-6-16(10-12-21)14(18)2/h3-8,20-21H,9-12H2,1-2H3. The molecular formula is C19H22O3. The third-order valence-corrected chi connectivity index (χ3v) is 4.14. The van der Waals surface area contributed by atoms with Gasteiger partial charge in [0.1, 0.15) is 0 Å². The minimum absolute atomic E-state index is 0.00502. The number of rotatable bonds is 6. The first-order chi connectivity index (χ1) is 10.6. The molecule has 22 heavy (non-hydrogen) atoms. The fourth-order valence-corrected chi connectivity index (χ4v) is 2.79. The van der Waals surface area contributed by atoms with Gasteiger partial charge in [-0.25, -0.2) is 0 Å². The summed E-state index contributed by atoms with van der Waals surface area (Å²) >= 11 is 0. The van der Waals surface area contributed by atoms with Gasteiger partial charge >= 0.3 is 0 Å². The maximum absolute atomic E-state index is 12.9. The first-order valence-electron chi connectivity index (χ1n) is 7.53. The molecule has 0 bridgehead atoms. The van der Waals surface area contributed by atoms with Crippen LogP contribution >= 0.6 is 0 Å². The van der Waals surface area contributed by atoms with Crippen LogP contribution < -0.4 is 0 Å². The van der Waals surface area contributed by atoms with Gasteiger partial charge in [0.05, 0.1) is 0 Å². The van der Waals surface area contributed by atoms with Gasteiger partial charge in [0.2, 0.25) is 0 Å². The maximum Gasteiger partial charge on any atom is 0.193 e. The van der Waals surface area contributed by atoms with Crippen molar-refractivity contribution in [3.8, 4) is 0 Å². The van der Waals surface area contributed by atoms with E-state index in [1.165, 1.54) is 0 Å². The third kappa shape index (κ3) is 3.26. The van der Waals surface area contributed by atoms with E-state index in [-0.39, 0.29) is 19.0 Å². The van der Waals surface area contributed by atoms with E-state index in [4.69, 9.17) is 10.2 Å². The van der Waals surface area contributed by atoms with Gasteiger partial charge in [-0.3, -0.25) is 4.79 Å². The number of benzene rings is 2. The molecule has 2 rings (SSSR count). The molecule has 0 aromatic heterocycles. The molecule has 0 aliphatic heterocycles. The number of hydrogen-bond donors (Lipinski definition) is 2. The highest BCUT2D eigenvalue weighted by molar-refractivity contribution is 6.11. The second-order valence-corrected chi connectivity index (χ2v) is 5.46. The number of ketones is 1. The molecule has 116 valence electrons. The summed E-state index contributed by atoms with van der Waals surface area (Å²) in [4.78, 5) is 12.9. The van der Waals surface area contributed by atoms with Crippen molar-refractivity contribution in [1.82, 2.24) is 0 Å². The van der Waals surface area contributed by atoms with Crippen LogP contribution in [0.15, 0.2) is 36.4 Å². The Hall–Kier alpha value is -1.97. The van der Waals surface area contributed by atoms with E-state index in [0.717, 1.165) is 22.3 Å². The Labute approximate surface area is 131 Å². The lowest BCUT2D eigenvalue weighted by Crippen LogP contribution is -2.09. The van der Waals surface area contributed by atoms with Crippen LogP contribution in [0.1, 0.15) is 38.2 Å². The topological polar surface area (TPSA) is 57.5 Å². The van der Waals surface area contributed by atoms with E-state index in [0.29, 0.717) is 24.0 Å². The molecule has 0 radical (unpaired) electrons. The monoisotopic (exact) mass is 298 g/mol. The summed E-state index contributed by atoms with van der Waals surface area (Å²) in [6.07, 6.45) is 1.10. The molecule has 3 heteroatoms. The minimum atomic E-state index is -0.00502. The number of aliphatic hydroxyl groups excluding tert-OH is 2. The minimum Gasteiger partial charge on any atom is -0.396 e. The zero-order valence-electron chi connectivity index (χ0n) is 13.1. The molecule has 0 atom stereocenters. The fourth-order valence-electron chi connectivity index (χ4n) is 2.79. The molecule has 2 aromatic carbocycles. The van der Waals surface area contributed by atoms with Crippen LogP contribution in [0.4, 0.5) is 0 Å². The van der Waals surface area contributed by atoms with Crippen LogP contribution in [0.3, 0.4) is 0 Å². The molecule has 0 spiro atoms. The molecular weight excluding hydrogens is 276 g/mol. The summed E-state index contributed by atoms with van der Waals surface area (Å²) in [6, 6.07) is 11.3. The number of hydrogen-bond acceptors (Lipinski definition) is 3. The second kappa shape index (κ2) is 7.34. The van der Waals surface area contributed by atoms with Gasteiger partial charge in [0.15, 0.2) is 5.78 Å². The Morgan fingerprint density at radius 1 is 0.818 bits per heavy atom. The number of carbonyl (C=O) groups excluding carboxylic acids is 1. The highest BCUT2D eigenvalue weighted by Gasteiger charge is 2.16. The summed E-state index contributed by atoms with van der Waals surface area (Å²) in [5.41, 5.74) is 5.20. The van der Waals surface area contributed by atoms with Gasteiger partial charge in [0, 0.05) is 24.3 Å². The Bertz CT molecular complexity index is 617. The predicted octanol–water partition coefficient (Wildman–Crippen LogP) is 2.60. The highest BCUT2D eigenvalue weighted by Crippen LogP contribution is 2.22. The van der Waals surface area contributed by atoms with E-state index < -0.39 is 0 Å². The van der Waals surface area contributed by atoms with Crippen LogP contribution in [0.2, 0.25) is 0 Å². The Morgan fingerprint density at radius 2 is 1.23 bits per heavy atom. The fraction of sp³-hybridized carbons (Fsp3) is 0.316. The normalized spacial score (nSPS) is 10.7. The molecule has 0 unspecified atom stereocenters. The molecule has 0 aliphatic rings. The number of aliphatic hydroxyl groups is 2. The van der Waals surface area contributed by atoms with Crippen molar-refractivity contribution in [2.75, 3.05) is 13.2 Å². The molecule has 3 nitrogen and oxygen atoms in total. The van der Waals surface area contributed by atoms with E-state index in [1.54, 1.807) is 0 Å². The molecule has 0 saturated heterocycles. The summed E-state index contributed by atoms with van der Waals surface area (Å²) in [7, 11) is 0. The lowest BCUT2D eigenvalue weighted by Gasteiger charge is -2.13. The van der Waals surface area contributed by atoms with Crippen molar-refractivity contribution in [2.24, 2.45) is 0 Å². The van der Waals surface area contributed by atoms with Crippen molar-refractivity contribution in [1.29, 1.82) is 0 Å². The quantitative estimate of drug-likeness (QED) is 0.806. The van der Waals surface area contributed by atoms with Gasteiger partial charge in [-0.15, -0.1) is 0 Å². The van der Waals surface area contributed by atoms with Crippen LogP contribution in [0.25, 0.3) is 0 Å². The Kier molecular flexibility index (Phi) is 5.47. The SMILES string of the molecule is Cc1c(CCO)cccc1C(=O)c1cccc(CCO)c1C. The molecule has 2 N–H and O–H groups in total. The molecule has 0 saturated carbocycles. The van der Waals surface area contributed by atoms with Crippen LogP contribution in [0.5, 0.6) is 0 Å². The summed E-state index contributed by atoms with van der Waals surface area (Å²) in [5, 5.41) is 18.2. The first kappa shape index (κ1) is 16.4. The van der Waals surface area contributed by atoms with E-state index >= 15 is 0 Å². The van der Waals surface area contributed by atoms with Gasteiger partial charge in [-0.2, -0.15) is 0 Å². The van der Waals surface area contributed by atoms with E-state index in [2.05, 4.69) is 0 Å². The van der Waals surface area contributed by atoms with Gasteiger partial charge in [0.25, 0.3) is 0 Å². The number of carbonyl (C=O) groups is 1. The van der Waals surface area contributed by atoms with Crippen LogP contribution in [-0.2, 0) is 12.8 Å². The third-order valence-electron chi connectivity index (χ3n) is 4.14. The van der Waals surface area contributed by atoms with Crippen molar-refractivity contribution in [3.05, 3.63) is 69.8 Å². The van der Waals surface area contributed by atoms with Gasteiger partial charge < -0.3 is 10.2 Å². The summed E-state index contributed by atoms with van der Waals surface area (Å²) in [5.74, 6) is -0.00502. The summed E-state index contributed by atoms with van der Waals surface area (Å²) in [6.45, 7) is 3.99. The smallest absolute Gasteiger partial charge is 0.193 e. The average molecular weight is 298 g/mol. The van der Waals surface area contributed by atoms with Crippen molar-refractivity contribution < 1.29 is 15.0 Å². The van der Waals surface area contributed by atoms with Gasteiger partial charge in [-0.1, -0.05) is 36.4 Å². The van der Waals surface area contributed by atoms with Gasteiger partial charge in [-0.05, 0) is 48.9 Å². The molecule has 0 aliphatic carbocycles. The zero-order valence-corrected chi connectivity index (χ0v) is 13.1. The average Bonchev–Trinajstić information content (AvgIpc) is 2.51. The van der Waals surface area contributed by atoms with Crippen LogP contribution in [-0.4, -0.2) is 29.2 Å². The largest absolute Gasteiger partial charge is 0.396 e. The highest BCUT2D eigenvalue weighted by atomic mass is 16.3. The van der Waals surface area contributed by atoms with Crippen molar-refractivity contribution in [2.45, 2.75) is 26.7 Å². The molecule has 0 heterocycles. The second-order valence-electron chi connectivity index (χ2n) is 5.46. The lowest BCUT2D eigenvalue weighted by atomic mass is 9.90. The Balaban J connectivity index is 2.45. The van der Waals surface area contributed by atoms with E-state index in [1.807, 2.05) is 50.2 Å². The maximum atomic E-state index is 12.9.